The van der Waals surface area contributed by atoms with E-state index in [1.165, 1.54) is 77.0 Å². The Hall–Kier alpha value is -1.87. The first kappa shape index (κ1) is 69.1. The number of rotatable bonds is 55. The van der Waals surface area contributed by atoms with Gasteiger partial charge in [0.1, 0.15) is 18.3 Å². The fraction of sp³-hybridized carbons (Fsp3) is 0.952. The quantitative estimate of drug-likeness (QED) is 0.0338. The number of amides is 1. The first-order chi connectivity index (χ1) is 34.6. The van der Waals surface area contributed by atoms with E-state index < -0.39 is 0 Å². The van der Waals surface area contributed by atoms with Gasteiger partial charge in [-0.15, -0.1) is 0 Å². The minimum Gasteiger partial charge on any atom is -0.462 e. The molecule has 0 saturated heterocycles. The topological polar surface area (TPSA) is 94.6 Å². The van der Waals surface area contributed by atoms with Crippen molar-refractivity contribution in [2.75, 3.05) is 40.3 Å². The Labute approximate surface area is 441 Å². The van der Waals surface area contributed by atoms with Crippen molar-refractivity contribution in [3.05, 3.63) is 0 Å². The number of unbranched alkanes of at least 4 members (excludes halogenated alkanes) is 25. The highest BCUT2D eigenvalue weighted by Crippen LogP contribution is 2.22. The third-order valence-electron chi connectivity index (χ3n) is 14.4. The summed E-state index contributed by atoms with van der Waals surface area (Å²) in [6, 6.07) is 0. The molecular weight excluding hydrogens is 885 g/mol. The van der Waals surface area contributed by atoms with E-state index >= 15 is 0 Å². The van der Waals surface area contributed by atoms with Crippen LogP contribution in [0.25, 0.3) is 0 Å². The van der Waals surface area contributed by atoms with E-state index in [9.17, 15) is 14.4 Å². The van der Waals surface area contributed by atoms with Gasteiger partial charge in [-0.2, -0.15) is 0 Å². The van der Waals surface area contributed by atoms with Crippen molar-refractivity contribution in [2.24, 2.45) is 0 Å². The van der Waals surface area contributed by atoms with Gasteiger partial charge in [-0.3, -0.25) is 9.59 Å². The molecule has 0 aliphatic carbocycles. The Morgan fingerprint density at radius 3 is 1.07 bits per heavy atom. The van der Waals surface area contributed by atoms with Crippen LogP contribution in [0.1, 0.15) is 318 Å². The second-order valence-corrected chi connectivity index (χ2v) is 22.0. The first-order valence-electron chi connectivity index (χ1n) is 31.2. The number of hydrogen-bond donors (Lipinski definition) is 0. The average Bonchev–Trinajstić information content (AvgIpc) is 3.34. The van der Waals surface area contributed by atoms with Crippen molar-refractivity contribution < 1.29 is 33.3 Å². The van der Waals surface area contributed by atoms with Crippen molar-refractivity contribution in [3.63, 3.8) is 0 Å². The summed E-state index contributed by atoms with van der Waals surface area (Å²) in [6.07, 6.45) is 46.8. The highest BCUT2D eigenvalue weighted by atomic mass is 16.6. The molecule has 0 saturated carbocycles. The van der Waals surface area contributed by atoms with Gasteiger partial charge in [0.15, 0.2) is 0 Å². The molecule has 0 aliphatic rings. The van der Waals surface area contributed by atoms with Crippen LogP contribution in [-0.4, -0.2) is 92.6 Å². The molecule has 71 heavy (non-hydrogen) atoms. The molecule has 0 bridgehead atoms. The van der Waals surface area contributed by atoms with E-state index in [0.29, 0.717) is 12.8 Å². The van der Waals surface area contributed by atoms with Gasteiger partial charge in [0.05, 0.1) is 6.10 Å². The molecule has 1 amide bonds. The van der Waals surface area contributed by atoms with Crippen LogP contribution >= 0.6 is 0 Å². The molecule has 0 aromatic rings. The molecule has 9 nitrogen and oxygen atoms in total. The maximum Gasteiger partial charge on any atom is 0.410 e. The lowest BCUT2D eigenvalue weighted by Gasteiger charge is -2.26. The Bertz CT molecular complexity index is 1070. The summed E-state index contributed by atoms with van der Waals surface area (Å²) in [7, 11) is 4.19. The van der Waals surface area contributed by atoms with E-state index in [1.807, 2.05) is 4.90 Å². The summed E-state index contributed by atoms with van der Waals surface area (Å²) in [5.74, 6) is -0.0122. The molecule has 0 fully saturated rings. The lowest BCUT2D eigenvalue weighted by Crippen LogP contribution is -2.37. The lowest BCUT2D eigenvalue weighted by molar-refractivity contribution is -0.151. The zero-order chi connectivity index (χ0) is 52.3. The van der Waals surface area contributed by atoms with Crippen molar-refractivity contribution >= 4 is 18.0 Å². The predicted molar refractivity (Wildman–Crippen MR) is 302 cm³/mol. The van der Waals surface area contributed by atoms with Crippen LogP contribution in [0.2, 0.25) is 0 Å². The molecule has 1 atom stereocenters. The molecule has 0 aromatic heterocycles. The number of carbonyl (C=O) groups is 3. The van der Waals surface area contributed by atoms with Crippen molar-refractivity contribution in [1.82, 2.24) is 9.80 Å². The highest BCUT2D eigenvalue weighted by molar-refractivity contribution is 5.70. The molecule has 1 unspecified atom stereocenters. The van der Waals surface area contributed by atoms with E-state index in [1.54, 1.807) is 0 Å². The number of esters is 2. The van der Waals surface area contributed by atoms with Gasteiger partial charge >= 0.3 is 18.0 Å². The van der Waals surface area contributed by atoms with E-state index in [-0.39, 0.29) is 42.4 Å². The lowest BCUT2D eigenvalue weighted by atomic mass is 10.0. The normalized spacial score (nSPS) is 12.2. The van der Waals surface area contributed by atoms with Gasteiger partial charge in [0.25, 0.3) is 0 Å². The maximum absolute atomic E-state index is 13.9. The minimum absolute atomic E-state index is 0.00611. The average molecular weight is 1010 g/mol. The smallest absolute Gasteiger partial charge is 0.410 e. The third kappa shape index (κ3) is 47.6. The number of carbonyl (C=O) groups excluding carboxylic acids is 3. The van der Waals surface area contributed by atoms with Gasteiger partial charge in [0, 0.05) is 32.5 Å². The van der Waals surface area contributed by atoms with Crippen LogP contribution in [0.15, 0.2) is 0 Å². The summed E-state index contributed by atoms with van der Waals surface area (Å²) in [5, 5.41) is 0. The number of ether oxygens (including phenoxy) is 4. The van der Waals surface area contributed by atoms with Gasteiger partial charge in [0.2, 0.25) is 0 Å². The van der Waals surface area contributed by atoms with Crippen LogP contribution in [0.5, 0.6) is 0 Å². The molecule has 0 heterocycles. The summed E-state index contributed by atoms with van der Waals surface area (Å²) < 4.78 is 24.5. The van der Waals surface area contributed by atoms with Crippen LogP contribution in [0.4, 0.5) is 4.79 Å². The third-order valence-corrected chi connectivity index (χ3v) is 14.4. The van der Waals surface area contributed by atoms with Crippen LogP contribution in [-0.2, 0) is 28.5 Å². The second kappa shape index (κ2) is 53.0. The predicted octanol–water partition coefficient (Wildman–Crippen LogP) is 18.5. The van der Waals surface area contributed by atoms with Gasteiger partial charge < -0.3 is 28.7 Å². The molecule has 422 valence electrons. The van der Waals surface area contributed by atoms with Crippen LogP contribution in [0, 0.1) is 0 Å². The zero-order valence-corrected chi connectivity index (χ0v) is 48.8. The van der Waals surface area contributed by atoms with Crippen molar-refractivity contribution in [2.45, 2.75) is 342 Å². The molecular formula is C62H122N2O7. The standard InChI is InChI=1S/C62H122N2O7/c1-9-14-19-33-44-57(45-34-20-15-10-2)69-60(65)50-39-29-25-23-27-37-48-59(71-62(67)64(54-42-52-63(7)8)53-41-31-32-43-56(6)68-55-18-13-5)49-38-28-24-26-30-40-51-61(66)70-58(46-35-21-16-11-3)47-36-22-17-12-4/h56-59H,9-55H2,1-8H3. The Morgan fingerprint density at radius 2 is 0.676 bits per heavy atom. The van der Waals surface area contributed by atoms with Gasteiger partial charge in [-0.05, 0) is 143 Å². The van der Waals surface area contributed by atoms with Crippen molar-refractivity contribution in [3.8, 4) is 0 Å². The summed E-state index contributed by atoms with van der Waals surface area (Å²) >= 11 is 0. The molecule has 0 aromatic carbocycles. The van der Waals surface area contributed by atoms with Gasteiger partial charge in [-0.1, -0.05) is 182 Å². The van der Waals surface area contributed by atoms with E-state index in [4.69, 9.17) is 18.9 Å². The Balaban J connectivity index is 5.16. The molecule has 0 rings (SSSR count). The Morgan fingerprint density at radius 1 is 0.352 bits per heavy atom. The first-order valence-corrected chi connectivity index (χ1v) is 31.2. The monoisotopic (exact) mass is 1010 g/mol. The van der Waals surface area contributed by atoms with E-state index in [2.05, 4.69) is 60.5 Å². The zero-order valence-electron chi connectivity index (χ0n) is 48.8. The summed E-state index contributed by atoms with van der Waals surface area (Å²) in [5.41, 5.74) is 0. The fourth-order valence-electron chi connectivity index (χ4n) is 9.68. The molecule has 0 radical (unpaired) electrons. The number of nitrogens with zero attached hydrogens (tertiary/aromatic N) is 2. The van der Waals surface area contributed by atoms with Crippen molar-refractivity contribution in [1.29, 1.82) is 0 Å². The molecule has 0 N–H and O–H groups in total. The number of hydrogen-bond acceptors (Lipinski definition) is 8. The second-order valence-electron chi connectivity index (χ2n) is 22.0. The van der Waals surface area contributed by atoms with Gasteiger partial charge in [-0.25, -0.2) is 4.79 Å². The van der Waals surface area contributed by atoms with E-state index in [0.717, 1.165) is 212 Å². The molecule has 0 spiro atoms. The maximum atomic E-state index is 13.9. The Kier molecular flexibility index (Phi) is 51.6. The molecule has 0 aliphatic heterocycles. The highest BCUT2D eigenvalue weighted by Gasteiger charge is 2.21. The summed E-state index contributed by atoms with van der Waals surface area (Å²) in [6.45, 7) is 16.6. The molecule has 9 heteroatoms. The summed E-state index contributed by atoms with van der Waals surface area (Å²) in [4.78, 5) is 43.8. The SMILES string of the molecule is CCCCCCC(CCCCCC)OC(=O)CCCCCCCCC(CCCCCCCCC(=O)OC(CCCCCC)CCCCCC)OC(=O)N(CCCCCC(C)OCCCC)CCCN(C)C. The largest absolute Gasteiger partial charge is 0.462 e. The minimum atomic E-state index is -0.142. The fourth-order valence-corrected chi connectivity index (χ4v) is 9.68. The van der Waals surface area contributed by atoms with Crippen LogP contribution < -0.4 is 0 Å². The van der Waals surface area contributed by atoms with Crippen LogP contribution in [0.3, 0.4) is 0 Å².